The molecule has 2 aromatic rings. The summed E-state index contributed by atoms with van der Waals surface area (Å²) in [5.41, 5.74) is 0. The van der Waals surface area contributed by atoms with Crippen LogP contribution in [0, 0.1) is 0 Å². The quantitative estimate of drug-likeness (QED) is 0.787. The highest BCUT2D eigenvalue weighted by molar-refractivity contribution is 8.01. The van der Waals surface area contributed by atoms with Crippen molar-refractivity contribution in [2.24, 2.45) is 0 Å². The number of anilines is 1. The van der Waals surface area contributed by atoms with E-state index in [1.165, 1.54) is 0 Å². The van der Waals surface area contributed by atoms with Crippen LogP contribution >= 0.6 is 23.1 Å². The van der Waals surface area contributed by atoms with Gasteiger partial charge >= 0.3 is 0 Å². The molecule has 1 N–H and O–H groups in total. The number of hydrogen-bond acceptors (Lipinski definition) is 8. The first-order valence-electron chi connectivity index (χ1n) is 6.29. The molecule has 0 saturated carbocycles. The van der Waals surface area contributed by atoms with Gasteiger partial charge in [0.2, 0.25) is 11.0 Å². The van der Waals surface area contributed by atoms with Crippen molar-refractivity contribution in [3.63, 3.8) is 0 Å². The topological polar surface area (TPSA) is 76.7 Å². The fourth-order valence-electron chi connectivity index (χ4n) is 1.34. The zero-order valence-corrected chi connectivity index (χ0v) is 12.8. The summed E-state index contributed by atoms with van der Waals surface area (Å²) in [6, 6.07) is 0. The third kappa shape index (κ3) is 3.90. The third-order valence-electron chi connectivity index (χ3n) is 2.36. The van der Waals surface area contributed by atoms with E-state index >= 15 is 0 Å². The summed E-state index contributed by atoms with van der Waals surface area (Å²) in [6.07, 6.45) is 1.85. The van der Waals surface area contributed by atoms with E-state index in [1.807, 2.05) is 13.8 Å². The molecule has 1 unspecified atom stereocenters. The van der Waals surface area contributed by atoms with Crippen molar-refractivity contribution in [3.8, 4) is 0 Å². The fraction of sp³-hybridized carbons (Fsp3) is 0.636. The number of nitrogens with zero attached hydrogens (tertiary/aromatic N) is 4. The number of rotatable bonds is 7. The third-order valence-corrected chi connectivity index (χ3v) is 4.41. The summed E-state index contributed by atoms with van der Waals surface area (Å²) in [6.45, 7) is 7.06. The van der Waals surface area contributed by atoms with Crippen LogP contribution in [0.25, 0.3) is 0 Å². The summed E-state index contributed by atoms with van der Waals surface area (Å²) in [7, 11) is 0. The minimum absolute atomic E-state index is 0.0831. The normalized spacial score (nSPS) is 12.6. The van der Waals surface area contributed by atoms with Gasteiger partial charge in [0.1, 0.15) is 0 Å². The molecule has 2 aromatic heterocycles. The van der Waals surface area contributed by atoms with Gasteiger partial charge in [-0.05, 0) is 13.3 Å². The Bertz CT molecular complexity index is 513. The second-order valence-electron chi connectivity index (χ2n) is 3.96. The van der Waals surface area contributed by atoms with Crippen molar-refractivity contribution in [3.05, 3.63) is 11.7 Å². The van der Waals surface area contributed by atoms with Crippen LogP contribution in [0.3, 0.4) is 0 Å². The first-order chi connectivity index (χ1) is 9.22. The summed E-state index contributed by atoms with van der Waals surface area (Å²) < 4.78 is 6.13. The van der Waals surface area contributed by atoms with Gasteiger partial charge in [-0.15, -0.1) is 10.2 Å². The summed E-state index contributed by atoms with van der Waals surface area (Å²) in [5, 5.41) is 16.3. The lowest BCUT2D eigenvalue weighted by molar-refractivity contribution is 0.375. The van der Waals surface area contributed by atoms with Gasteiger partial charge in [0.25, 0.3) is 0 Å². The van der Waals surface area contributed by atoms with Crippen LogP contribution in [-0.2, 0) is 6.42 Å². The second-order valence-corrected chi connectivity index (χ2v) is 6.53. The Balaban J connectivity index is 1.94. The Morgan fingerprint density at radius 3 is 2.89 bits per heavy atom. The van der Waals surface area contributed by atoms with Crippen LogP contribution < -0.4 is 5.32 Å². The monoisotopic (exact) mass is 299 g/mol. The highest BCUT2D eigenvalue weighted by atomic mass is 32.2. The number of aromatic nitrogens is 4. The van der Waals surface area contributed by atoms with Crippen molar-refractivity contribution in [1.29, 1.82) is 0 Å². The molecule has 0 saturated heterocycles. The molecule has 2 rings (SSSR count). The average molecular weight is 299 g/mol. The Hall–Kier alpha value is -1.15. The summed E-state index contributed by atoms with van der Waals surface area (Å²) >= 11 is 3.13. The Morgan fingerprint density at radius 2 is 2.21 bits per heavy atom. The lowest BCUT2D eigenvalue weighted by atomic mass is 10.4. The maximum atomic E-state index is 5.22. The minimum Gasteiger partial charge on any atom is -0.360 e. The van der Waals surface area contributed by atoms with E-state index in [0.29, 0.717) is 5.89 Å². The molecule has 0 aliphatic rings. The average Bonchev–Trinajstić information content (AvgIpc) is 3.05. The largest absolute Gasteiger partial charge is 0.360 e. The molecule has 104 valence electrons. The van der Waals surface area contributed by atoms with Crippen LogP contribution in [0.5, 0.6) is 0 Å². The molecule has 0 spiro atoms. The van der Waals surface area contributed by atoms with Gasteiger partial charge in [0.15, 0.2) is 10.2 Å². The van der Waals surface area contributed by atoms with Crippen molar-refractivity contribution in [1.82, 2.24) is 20.3 Å². The first-order valence-corrected chi connectivity index (χ1v) is 7.99. The van der Waals surface area contributed by atoms with Gasteiger partial charge in [-0.3, -0.25) is 0 Å². The predicted molar refractivity (Wildman–Crippen MR) is 76.6 cm³/mol. The molecule has 0 fully saturated rings. The summed E-state index contributed by atoms with van der Waals surface area (Å²) in [4.78, 5) is 4.32. The predicted octanol–water partition coefficient (Wildman–Crippen LogP) is 3.16. The maximum Gasteiger partial charge on any atom is 0.239 e. The molecular formula is C11H17N5OS2. The van der Waals surface area contributed by atoms with E-state index in [1.54, 1.807) is 23.1 Å². The molecule has 8 heteroatoms. The van der Waals surface area contributed by atoms with Gasteiger partial charge in [-0.25, -0.2) is 0 Å². The van der Waals surface area contributed by atoms with Gasteiger partial charge < -0.3 is 9.84 Å². The number of hydrogen-bond donors (Lipinski definition) is 1. The smallest absolute Gasteiger partial charge is 0.239 e. The molecule has 0 amide bonds. The minimum atomic E-state index is 0.0831. The van der Waals surface area contributed by atoms with Gasteiger partial charge in [0, 0.05) is 13.0 Å². The van der Waals surface area contributed by atoms with Crippen LogP contribution in [0.4, 0.5) is 5.13 Å². The highest BCUT2D eigenvalue weighted by Crippen LogP contribution is 2.36. The zero-order chi connectivity index (χ0) is 13.7. The zero-order valence-electron chi connectivity index (χ0n) is 11.2. The standard InChI is InChI=1S/C11H17N5OS2/c1-4-6-12-10-14-15-11(19-10)18-7(3)9-13-8(5-2)16-17-9/h7H,4-6H2,1-3H3,(H,12,14). The van der Waals surface area contributed by atoms with E-state index in [2.05, 4.69) is 32.6 Å². The number of aryl methyl sites for hydroxylation is 1. The van der Waals surface area contributed by atoms with E-state index in [-0.39, 0.29) is 5.25 Å². The molecule has 6 nitrogen and oxygen atoms in total. The maximum absolute atomic E-state index is 5.22. The summed E-state index contributed by atoms with van der Waals surface area (Å²) in [5.74, 6) is 1.38. The molecule has 0 aliphatic carbocycles. The Morgan fingerprint density at radius 1 is 1.37 bits per heavy atom. The fourth-order valence-corrected chi connectivity index (χ4v) is 3.29. The van der Waals surface area contributed by atoms with E-state index in [0.717, 1.165) is 34.7 Å². The molecule has 0 aromatic carbocycles. The Labute approximate surface area is 120 Å². The van der Waals surface area contributed by atoms with Crippen molar-refractivity contribution >= 4 is 28.2 Å². The lowest BCUT2D eigenvalue weighted by Gasteiger charge is -2.01. The second kappa shape index (κ2) is 6.85. The van der Waals surface area contributed by atoms with Crippen molar-refractivity contribution in [2.45, 2.75) is 43.2 Å². The molecule has 19 heavy (non-hydrogen) atoms. The van der Waals surface area contributed by atoms with Crippen LogP contribution in [0.15, 0.2) is 8.86 Å². The number of thioether (sulfide) groups is 1. The van der Waals surface area contributed by atoms with E-state index in [4.69, 9.17) is 4.52 Å². The Kier molecular flexibility index (Phi) is 5.15. The SMILES string of the molecule is CCCNc1nnc(SC(C)c2nc(CC)no2)s1. The molecule has 0 radical (unpaired) electrons. The molecule has 0 bridgehead atoms. The molecule has 0 aliphatic heterocycles. The van der Waals surface area contributed by atoms with Crippen molar-refractivity contribution < 1.29 is 4.52 Å². The molecule has 1 atom stereocenters. The molecular weight excluding hydrogens is 282 g/mol. The van der Waals surface area contributed by atoms with Crippen molar-refractivity contribution in [2.75, 3.05) is 11.9 Å². The highest BCUT2D eigenvalue weighted by Gasteiger charge is 2.17. The van der Waals surface area contributed by atoms with Gasteiger partial charge in [0.05, 0.1) is 5.25 Å². The number of nitrogens with one attached hydrogen (secondary N) is 1. The van der Waals surface area contributed by atoms with Crippen LogP contribution in [-0.4, -0.2) is 26.9 Å². The van der Waals surface area contributed by atoms with Crippen LogP contribution in [0.2, 0.25) is 0 Å². The van der Waals surface area contributed by atoms with Crippen LogP contribution in [0.1, 0.15) is 44.2 Å². The van der Waals surface area contributed by atoms with Gasteiger partial charge in [-0.1, -0.05) is 42.1 Å². The first kappa shape index (κ1) is 14.3. The lowest BCUT2D eigenvalue weighted by Crippen LogP contribution is -1.98. The van der Waals surface area contributed by atoms with E-state index < -0.39 is 0 Å². The molecule has 2 heterocycles. The van der Waals surface area contributed by atoms with Gasteiger partial charge in [-0.2, -0.15) is 4.98 Å². The van der Waals surface area contributed by atoms with E-state index in [9.17, 15) is 0 Å².